The zero-order valence-electron chi connectivity index (χ0n) is 14.1. The third-order valence-corrected chi connectivity index (χ3v) is 4.55. The van der Waals surface area contributed by atoms with Gasteiger partial charge in [-0.25, -0.2) is 0 Å². The number of hydrogen-bond acceptors (Lipinski definition) is 4. The summed E-state index contributed by atoms with van der Waals surface area (Å²) in [6.45, 7) is 7.59. The van der Waals surface area contributed by atoms with Gasteiger partial charge in [0, 0.05) is 30.0 Å². The van der Waals surface area contributed by atoms with E-state index in [1.165, 1.54) is 0 Å². The fourth-order valence-electron chi connectivity index (χ4n) is 3.42. The fourth-order valence-corrected chi connectivity index (χ4v) is 3.42. The van der Waals surface area contributed by atoms with Gasteiger partial charge in [-0.3, -0.25) is 4.79 Å². The van der Waals surface area contributed by atoms with Gasteiger partial charge in [0.1, 0.15) is 17.6 Å². The number of ether oxygens (including phenoxy) is 2. The average molecular weight is 318 g/mol. The second-order valence-corrected chi connectivity index (χ2v) is 6.59. The molecule has 5 heteroatoms. The maximum absolute atomic E-state index is 12.6. The van der Waals surface area contributed by atoms with Gasteiger partial charge in [0.2, 0.25) is 5.91 Å². The van der Waals surface area contributed by atoms with Crippen LogP contribution in [0.25, 0.3) is 0 Å². The first-order chi connectivity index (χ1) is 11.1. The topological polar surface area (TPSA) is 59.6 Å². The molecule has 2 N–H and O–H groups in total. The molecule has 3 atom stereocenters. The summed E-state index contributed by atoms with van der Waals surface area (Å²) in [5.41, 5.74) is 1.87. The molecular weight excluding hydrogens is 292 g/mol. The minimum absolute atomic E-state index is 0.0498. The van der Waals surface area contributed by atoms with Crippen LogP contribution < -0.4 is 20.1 Å². The number of piperidine rings is 1. The molecule has 0 saturated carbocycles. The van der Waals surface area contributed by atoms with E-state index in [0.717, 1.165) is 48.6 Å². The molecule has 5 nitrogen and oxygen atoms in total. The summed E-state index contributed by atoms with van der Waals surface area (Å²) >= 11 is 0. The lowest BCUT2D eigenvalue weighted by Gasteiger charge is -2.27. The Kier molecular flexibility index (Phi) is 4.76. The zero-order chi connectivity index (χ0) is 16.4. The van der Waals surface area contributed by atoms with E-state index in [2.05, 4.69) is 24.5 Å². The van der Waals surface area contributed by atoms with Crippen LogP contribution in [0.4, 0.5) is 5.69 Å². The van der Waals surface area contributed by atoms with Crippen LogP contribution in [-0.4, -0.2) is 31.2 Å². The van der Waals surface area contributed by atoms with E-state index >= 15 is 0 Å². The zero-order valence-corrected chi connectivity index (χ0v) is 14.1. The van der Waals surface area contributed by atoms with Crippen molar-refractivity contribution in [1.82, 2.24) is 5.32 Å². The highest BCUT2D eigenvalue weighted by molar-refractivity contribution is 5.94. The maximum Gasteiger partial charge on any atom is 0.227 e. The maximum atomic E-state index is 12.6. The number of benzene rings is 1. The van der Waals surface area contributed by atoms with Crippen LogP contribution >= 0.6 is 0 Å². The molecule has 3 rings (SSSR count). The van der Waals surface area contributed by atoms with E-state index in [1.807, 2.05) is 19.1 Å². The van der Waals surface area contributed by atoms with Gasteiger partial charge in [-0.05, 0) is 46.2 Å². The van der Waals surface area contributed by atoms with Crippen LogP contribution in [0.15, 0.2) is 12.1 Å². The van der Waals surface area contributed by atoms with Crippen molar-refractivity contribution in [3.63, 3.8) is 0 Å². The number of amides is 1. The van der Waals surface area contributed by atoms with Crippen LogP contribution in [0.5, 0.6) is 11.5 Å². The molecule has 1 unspecified atom stereocenters. The van der Waals surface area contributed by atoms with Gasteiger partial charge >= 0.3 is 0 Å². The van der Waals surface area contributed by atoms with Crippen molar-refractivity contribution in [3.05, 3.63) is 17.7 Å². The largest absolute Gasteiger partial charge is 0.492 e. The minimum Gasteiger partial charge on any atom is -0.492 e. The summed E-state index contributed by atoms with van der Waals surface area (Å²) in [6, 6.07) is 4.30. The van der Waals surface area contributed by atoms with Crippen molar-refractivity contribution in [1.29, 1.82) is 0 Å². The van der Waals surface area contributed by atoms with Crippen molar-refractivity contribution < 1.29 is 14.3 Å². The van der Waals surface area contributed by atoms with E-state index in [0.29, 0.717) is 12.6 Å². The molecule has 2 aliphatic rings. The Morgan fingerprint density at radius 2 is 2.26 bits per heavy atom. The van der Waals surface area contributed by atoms with Crippen molar-refractivity contribution in [2.45, 2.75) is 52.2 Å². The first-order valence-corrected chi connectivity index (χ1v) is 8.57. The average Bonchev–Trinajstić information content (AvgIpc) is 2.87. The minimum atomic E-state index is 0.0498. The van der Waals surface area contributed by atoms with E-state index in [1.54, 1.807) is 0 Å². The number of hydrogen-bond donors (Lipinski definition) is 2. The van der Waals surface area contributed by atoms with Gasteiger partial charge in [0.25, 0.3) is 0 Å². The SMILES string of the molecule is CCOc1cc2c(cc1NC(=O)[C@H]1CCN[C@@H](C)C1)OC(C)C2. The monoisotopic (exact) mass is 318 g/mol. The first-order valence-electron chi connectivity index (χ1n) is 8.57. The molecule has 126 valence electrons. The number of anilines is 1. The van der Waals surface area contributed by atoms with Crippen LogP contribution in [0.1, 0.15) is 39.2 Å². The molecular formula is C18H26N2O3. The van der Waals surface area contributed by atoms with Crippen molar-refractivity contribution >= 4 is 11.6 Å². The molecule has 23 heavy (non-hydrogen) atoms. The lowest BCUT2D eigenvalue weighted by molar-refractivity contribution is -0.120. The number of carbonyl (C=O) groups excluding carboxylic acids is 1. The van der Waals surface area contributed by atoms with Crippen LogP contribution in [0, 0.1) is 5.92 Å². The molecule has 2 aliphatic heterocycles. The summed E-state index contributed by atoms with van der Waals surface area (Å²) in [4.78, 5) is 12.6. The Balaban J connectivity index is 1.78. The standard InChI is InChI=1S/C18H26N2O3/c1-4-22-17-9-14-8-12(3)23-16(14)10-15(17)20-18(21)13-5-6-19-11(2)7-13/h9-13,19H,4-8H2,1-3H3,(H,20,21)/t11-,12?,13-/m0/s1. The van der Waals surface area contributed by atoms with Crippen LogP contribution in [0.2, 0.25) is 0 Å². The molecule has 0 radical (unpaired) electrons. The molecule has 1 aromatic carbocycles. The molecule has 0 aliphatic carbocycles. The summed E-state index contributed by atoms with van der Waals surface area (Å²) in [5, 5.41) is 6.43. The Hall–Kier alpha value is -1.75. The highest BCUT2D eigenvalue weighted by Gasteiger charge is 2.27. The smallest absolute Gasteiger partial charge is 0.227 e. The highest BCUT2D eigenvalue weighted by atomic mass is 16.5. The molecule has 0 bridgehead atoms. The van der Waals surface area contributed by atoms with Gasteiger partial charge in [-0.1, -0.05) is 0 Å². The van der Waals surface area contributed by atoms with Gasteiger partial charge in [-0.2, -0.15) is 0 Å². The molecule has 1 amide bonds. The second kappa shape index (κ2) is 6.79. The second-order valence-electron chi connectivity index (χ2n) is 6.59. The molecule has 1 aromatic rings. The summed E-state index contributed by atoms with van der Waals surface area (Å²) in [5.74, 6) is 1.72. The molecule has 0 aromatic heterocycles. The van der Waals surface area contributed by atoms with Crippen molar-refractivity contribution in [3.8, 4) is 11.5 Å². The fraction of sp³-hybridized carbons (Fsp3) is 0.611. The van der Waals surface area contributed by atoms with Crippen LogP contribution in [-0.2, 0) is 11.2 Å². The third kappa shape index (κ3) is 3.61. The van der Waals surface area contributed by atoms with Crippen molar-refractivity contribution in [2.24, 2.45) is 5.92 Å². The number of nitrogens with one attached hydrogen (secondary N) is 2. The van der Waals surface area contributed by atoms with E-state index in [-0.39, 0.29) is 17.9 Å². The highest BCUT2D eigenvalue weighted by Crippen LogP contribution is 2.38. The Morgan fingerprint density at radius 1 is 1.43 bits per heavy atom. The Bertz CT molecular complexity index is 588. The summed E-state index contributed by atoms with van der Waals surface area (Å²) in [6.07, 6.45) is 2.80. The van der Waals surface area contributed by atoms with Gasteiger partial charge in [0.15, 0.2) is 0 Å². The van der Waals surface area contributed by atoms with Crippen molar-refractivity contribution in [2.75, 3.05) is 18.5 Å². The third-order valence-electron chi connectivity index (χ3n) is 4.55. The Labute approximate surface area is 137 Å². The van der Waals surface area contributed by atoms with E-state index < -0.39 is 0 Å². The number of rotatable bonds is 4. The van der Waals surface area contributed by atoms with Gasteiger partial charge < -0.3 is 20.1 Å². The predicted molar refractivity (Wildman–Crippen MR) is 90.2 cm³/mol. The predicted octanol–water partition coefficient (Wildman–Crippen LogP) is 2.74. The number of fused-ring (bicyclic) bond motifs is 1. The molecule has 0 spiro atoms. The Morgan fingerprint density at radius 3 is 3.00 bits per heavy atom. The normalized spacial score (nSPS) is 26.3. The number of carbonyl (C=O) groups is 1. The lowest BCUT2D eigenvalue weighted by Crippen LogP contribution is -2.40. The van der Waals surface area contributed by atoms with Crippen LogP contribution in [0.3, 0.4) is 0 Å². The summed E-state index contributed by atoms with van der Waals surface area (Å²) in [7, 11) is 0. The van der Waals surface area contributed by atoms with E-state index in [4.69, 9.17) is 9.47 Å². The lowest BCUT2D eigenvalue weighted by atomic mass is 9.92. The molecule has 1 saturated heterocycles. The van der Waals surface area contributed by atoms with Gasteiger partial charge in [-0.15, -0.1) is 0 Å². The van der Waals surface area contributed by atoms with Gasteiger partial charge in [0.05, 0.1) is 12.3 Å². The first kappa shape index (κ1) is 16.1. The summed E-state index contributed by atoms with van der Waals surface area (Å²) < 4.78 is 11.5. The molecule has 2 heterocycles. The molecule has 1 fully saturated rings. The quantitative estimate of drug-likeness (QED) is 0.896. The van der Waals surface area contributed by atoms with E-state index in [9.17, 15) is 4.79 Å².